The third-order valence-corrected chi connectivity index (χ3v) is 7.69. The summed E-state index contributed by atoms with van der Waals surface area (Å²) >= 11 is 6.79. The fraction of sp³-hybridized carbons (Fsp3) is 0.290. The molecule has 0 bridgehead atoms. The highest BCUT2D eigenvalue weighted by Crippen LogP contribution is 2.30. The Hall–Kier alpha value is -4.01. The number of aromatic nitrogens is 3. The van der Waals surface area contributed by atoms with Crippen molar-refractivity contribution in [3.05, 3.63) is 98.0 Å². The van der Waals surface area contributed by atoms with E-state index < -0.39 is 0 Å². The number of pyridine rings is 1. The number of halogens is 1. The monoisotopic (exact) mass is 555 g/mol. The van der Waals surface area contributed by atoms with Gasteiger partial charge in [0, 0.05) is 53.1 Å². The smallest absolute Gasteiger partial charge is 0.264 e. The lowest BCUT2D eigenvalue weighted by Crippen LogP contribution is -2.44. The van der Waals surface area contributed by atoms with Crippen LogP contribution in [0.5, 0.6) is 0 Å². The Balaban J connectivity index is 1.54. The molecule has 0 aliphatic carbocycles. The van der Waals surface area contributed by atoms with E-state index in [1.807, 2.05) is 48.5 Å². The second kappa shape index (κ2) is 11.2. The van der Waals surface area contributed by atoms with Crippen molar-refractivity contribution < 1.29 is 9.26 Å². The summed E-state index contributed by atoms with van der Waals surface area (Å²) in [5.41, 5.74) is 4.19. The average Bonchev–Trinajstić information content (AvgIpc) is 3.33. The molecule has 4 heterocycles. The van der Waals surface area contributed by atoms with E-state index in [2.05, 4.69) is 28.5 Å². The lowest BCUT2D eigenvalue weighted by Gasteiger charge is -2.25. The summed E-state index contributed by atoms with van der Waals surface area (Å²) in [6, 6.07) is 17.3. The maximum absolute atomic E-state index is 14.2. The Morgan fingerprint density at radius 2 is 1.88 bits per heavy atom. The van der Waals surface area contributed by atoms with Crippen LogP contribution in [-0.2, 0) is 4.74 Å². The fourth-order valence-electron chi connectivity index (χ4n) is 5.19. The Bertz CT molecular complexity index is 1770. The molecular weight excluding hydrogens is 526 g/mol. The first-order valence-corrected chi connectivity index (χ1v) is 14.0. The van der Waals surface area contributed by atoms with E-state index in [9.17, 15) is 4.79 Å². The Labute approximate surface area is 236 Å². The van der Waals surface area contributed by atoms with Gasteiger partial charge >= 0.3 is 0 Å². The van der Waals surface area contributed by atoms with E-state index in [1.54, 1.807) is 17.6 Å². The summed E-state index contributed by atoms with van der Waals surface area (Å²) in [4.78, 5) is 23.7. The van der Waals surface area contributed by atoms with Crippen LogP contribution in [0.4, 0.5) is 0 Å². The first-order chi connectivity index (χ1) is 19.5. The van der Waals surface area contributed by atoms with Gasteiger partial charge in [-0.05, 0) is 55.5 Å². The van der Waals surface area contributed by atoms with Crippen LogP contribution in [0.15, 0.2) is 80.3 Å². The maximum Gasteiger partial charge on any atom is 0.264 e. The molecule has 0 saturated carbocycles. The first kappa shape index (κ1) is 26.2. The molecule has 2 aliphatic rings. The van der Waals surface area contributed by atoms with Crippen molar-refractivity contribution in [1.29, 1.82) is 0 Å². The van der Waals surface area contributed by atoms with Gasteiger partial charge in [0.1, 0.15) is 11.3 Å². The number of ether oxygens (including phenoxy) is 1. The average molecular weight is 556 g/mol. The van der Waals surface area contributed by atoms with Crippen molar-refractivity contribution in [3.8, 4) is 28.2 Å². The normalized spacial score (nSPS) is 15.7. The Kier molecular flexibility index (Phi) is 7.36. The maximum atomic E-state index is 14.2. The number of hydrogen-bond acceptors (Lipinski definition) is 7. The van der Waals surface area contributed by atoms with Gasteiger partial charge < -0.3 is 14.6 Å². The standard InChI is InChI=1S/C31H30ClN5O3/c1-3-20-9-10-22-17-26(25-12-11-21(18-27(25)32)29-33-19(2)40-36-29)31(38)37(24-7-5-4-6-8-24)30(22)35-28(20)34-23-13-15-39-16-14-23/h4-8,10-12,17-18,23,34H,3,9,13-16H2,1-2H3. The lowest BCUT2D eigenvalue weighted by molar-refractivity contribution is 0.0802. The van der Waals surface area contributed by atoms with Crippen molar-refractivity contribution in [1.82, 2.24) is 20.0 Å². The molecule has 204 valence electrons. The van der Waals surface area contributed by atoms with Crippen LogP contribution < -0.4 is 21.6 Å². The Morgan fingerprint density at radius 1 is 1.07 bits per heavy atom. The van der Waals surface area contributed by atoms with Crippen molar-refractivity contribution in [2.75, 3.05) is 13.2 Å². The second-order valence-corrected chi connectivity index (χ2v) is 10.4. The minimum Gasteiger partial charge on any atom is -0.381 e. The van der Waals surface area contributed by atoms with E-state index >= 15 is 0 Å². The fourth-order valence-corrected chi connectivity index (χ4v) is 5.47. The molecule has 40 heavy (non-hydrogen) atoms. The molecule has 0 amide bonds. The third kappa shape index (κ3) is 5.12. The van der Waals surface area contributed by atoms with Gasteiger partial charge in [-0.15, -0.1) is 0 Å². The molecule has 2 aliphatic heterocycles. The van der Waals surface area contributed by atoms with Gasteiger partial charge in [0.2, 0.25) is 11.7 Å². The highest BCUT2D eigenvalue weighted by molar-refractivity contribution is 6.33. The van der Waals surface area contributed by atoms with E-state index in [0.29, 0.717) is 38.9 Å². The van der Waals surface area contributed by atoms with Gasteiger partial charge in [0.15, 0.2) is 0 Å². The molecular formula is C31H30ClN5O3. The van der Waals surface area contributed by atoms with Crippen LogP contribution in [-0.4, -0.2) is 34.0 Å². The van der Waals surface area contributed by atoms with E-state index in [4.69, 9.17) is 25.9 Å². The quantitative estimate of drug-likeness (QED) is 0.370. The van der Waals surface area contributed by atoms with Crippen molar-refractivity contribution in [2.45, 2.75) is 45.6 Å². The lowest BCUT2D eigenvalue weighted by atomic mass is 10.0. The summed E-state index contributed by atoms with van der Waals surface area (Å²) in [6.45, 7) is 5.35. The molecule has 8 nitrogen and oxygen atoms in total. The topological polar surface area (TPSA) is 94.5 Å². The summed E-state index contributed by atoms with van der Waals surface area (Å²) in [5.74, 6) is 1.76. The van der Waals surface area contributed by atoms with Crippen LogP contribution in [0.2, 0.25) is 5.02 Å². The van der Waals surface area contributed by atoms with Crippen LogP contribution >= 0.6 is 11.6 Å². The van der Waals surface area contributed by atoms with Crippen LogP contribution in [0.3, 0.4) is 0 Å². The van der Waals surface area contributed by atoms with Gasteiger partial charge in [-0.25, -0.2) is 4.99 Å². The van der Waals surface area contributed by atoms with Crippen LogP contribution in [0, 0.1) is 6.92 Å². The SMILES string of the molecule is CCC1=C(NC2CCOCC2)N=c2c(cc(-c3ccc(-c4noc(C)n4)cc3Cl)c(=O)n2-c2ccccc2)=CC1. The molecule has 6 rings (SSSR count). The molecule has 0 atom stereocenters. The zero-order valence-corrected chi connectivity index (χ0v) is 23.2. The summed E-state index contributed by atoms with van der Waals surface area (Å²) in [5, 5.41) is 8.97. The van der Waals surface area contributed by atoms with E-state index in [-0.39, 0.29) is 11.6 Å². The molecule has 0 spiro atoms. The number of hydrogen-bond donors (Lipinski definition) is 1. The highest BCUT2D eigenvalue weighted by Gasteiger charge is 2.20. The molecule has 2 aromatic heterocycles. The predicted molar refractivity (Wildman–Crippen MR) is 155 cm³/mol. The molecule has 0 radical (unpaired) electrons. The summed E-state index contributed by atoms with van der Waals surface area (Å²) < 4.78 is 12.4. The number of para-hydroxylation sites is 1. The third-order valence-electron chi connectivity index (χ3n) is 7.37. The predicted octanol–water partition coefficient (Wildman–Crippen LogP) is 4.71. The number of rotatable bonds is 6. The molecule has 1 N–H and O–H groups in total. The number of aryl methyl sites for hydroxylation is 1. The molecule has 9 heteroatoms. The number of nitrogens with one attached hydrogen (secondary N) is 1. The molecule has 1 saturated heterocycles. The highest BCUT2D eigenvalue weighted by atomic mass is 35.5. The van der Waals surface area contributed by atoms with Gasteiger partial charge in [0.25, 0.3) is 5.56 Å². The van der Waals surface area contributed by atoms with Crippen LogP contribution in [0.1, 0.15) is 38.5 Å². The zero-order valence-electron chi connectivity index (χ0n) is 22.5. The largest absolute Gasteiger partial charge is 0.381 e. The molecule has 2 aromatic carbocycles. The van der Waals surface area contributed by atoms with Gasteiger partial charge in [-0.2, -0.15) is 4.98 Å². The summed E-state index contributed by atoms with van der Waals surface area (Å²) in [7, 11) is 0. The van der Waals surface area contributed by atoms with Gasteiger partial charge in [0.05, 0.1) is 5.69 Å². The minimum absolute atomic E-state index is 0.197. The number of allylic oxidation sites excluding steroid dienone is 1. The van der Waals surface area contributed by atoms with Crippen molar-refractivity contribution >= 4 is 17.7 Å². The van der Waals surface area contributed by atoms with Gasteiger partial charge in [-0.3, -0.25) is 9.36 Å². The molecule has 0 unspecified atom stereocenters. The molecule has 4 aromatic rings. The van der Waals surface area contributed by atoms with Crippen molar-refractivity contribution in [2.24, 2.45) is 4.99 Å². The first-order valence-electron chi connectivity index (χ1n) is 13.6. The minimum atomic E-state index is -0.197. The number of fused-ring (bicyclic) bond motifs is 1. The van der Waals surface area contributed by atoms with E-state index in [0.717, 1.165) is 55.6 Å². The molecule has 1 fully saturated rings. The second-order valence-electron chi connectivity index (χ2n) is 10.0. The zero-order chi connectivity index (χ0) is 27.6. The van der Waals surface area contributed by atoms with Crippen molar-refractivity contribution in [3.63, 3.8) is 0 Å². The number of benzene rings is 2. The van der Waals surface area contributed by atoms with E-state index in [1.165, 1.54) is 5.57 Å². The van der Waals surface area contributed by atoms with Crippen LogP contribution in [0.25, 0.3) is 34.3 Å². The number of nitrogens with zero attached hydrogens (tertiary/aromatic N) is 4. The van der Waals surface area contributed by atoms with Gasteiger partial charge in [-0.1, -0.05) is 60.1 Å². The summed E-state index contributed by atoms with van der Waals surface area (Å²) in [6.07, 6.45) is 5.59. The Morgan fingerprint density at radius 3 is 2.58 bits per heavy atom.